The number of carbonyl (C=O) groups excluding carboxylic acids is 1. The van der Waals surface area contributed by atoms with E-state index in [0.717, 1.165) is 5.56 Å². The summed E-state index contributed by atoms with van der Waals surface area (Å²) in [6.07, 6.45) is 0. The van der Waals surface area contributed by atoms with Crippen LogP contribution in [0.2, 0.25) is 5.02 Å². The van der Waals surface area contributed by atoms with Crippen LogP contribution in [-0.4, -0.2) is 10.9 Å². The number of anilines is 1. The number of oxazole rings is 1. The summed E-state index contributed by atoms with van der Waals surface area (Å²) in [5.74, 6) is 0.0266. The maximum atomic E-state index is 14.0. The Labute approximate surface area is 181 Å². The van der Waals surface area contributed by atoms with Crippen molar-refractivity contribution in [3.8, 4) is 22.8 Å². The van der Waals surface area contributed by atoms with E-state index < -0.39 is 11.7 Å². The zero-order chi connectivity index (χ0) is 21.4. The number of halogens is 2. The van der Waals surface area contributed by atoms with Crippen LogP contribution in [0.4, 0.5) is 10.1 Å². The van der Waals surface area contributed by atoms with Gasteiger partial charge in [0.2, 0.25) is 5.89 Å². The van der Waals surface area contributed by atoms with Crippen LogP contribution >= 0.6 is 11.6 Å². The smallest absolute Gasteiger partial charge is 0.291 e. The summed E-state index contributed by atoms with van der Waals surface area (Å²) in [7, 11) is 0. The number of fused-ring (bicyclic) bond motifs is 1. The largest absolute Gasteiger partial charge is 0.451 e. The molecule has 0 spiro atoms. The van der Waals surface area contributed by atoms with Crippen molar-refractivity contribution in [1.29, 1.82) is 0 Å². The van der Waals surface area contributed by atoms with E-state index in [1.165, 1.54) is 6.07 Å². The summed E-state index contributed by atoms with van der Waals surface area (Å²) in [5, 5.41) is 3.35. The maximum absolute atomic E-state index is 14.0. The van der Waals surface area contributed by atoms with Gasteiger partial charge in [-0.15, -0.1) is 0 Å². The van der Waals surface area contributed by atoms with Gasteiger partial charge in [0.05, 0.1) is 5.56 Å². The number of carbonyl (C=O) groups is 1. The third-order valence-electron chi connectivity index (χ3n) is 4.69. The van der Waals surface area contributed by atoms with Crippen molar-refractivity contribution >= 4 is 34.3 Å². The first kappa shape index (κ1) is 19.1. The minimum Gasteiger partial charge on any atom is -0.451 e. The second-order valence-corrected chi connectivity index (χ2v) is 7.25. The van der Waals surface area contributed by atoms with Crippen molar-refractivity contribution in [3.63, 3.8) is 0 Å². The summed E-state index contributed by atoms with van der Waals surface area (Å²) in [6, 6.07) is 21.7. The zero-order valence-electron chi connectivity index (χ0n) is 15.9. The lowest BCUT2D eigenvalue weighted by molar-refractivity contribution is 0.0997. The molecule has 0 aliphatic carbocycles. The average molecular weight is 433 g/mol. The number of amides is 1. The van der Waals surface area contributed by atoms with Crippen LogP contribution in [0.3, 0.4) is 0 Å². The molecule has 2 aromatic heterocycles. The Balaban J connectivity index is 1.38. The lowest BCUT2D eigenvalue weighted by Gasteiger charge is -2.03. The van der Waals surface area contributed by atoms with Gasteiger partial charge in [-0.25, -0.2) is 9.37 Å². The van der Waals surface area contributed by atoms with Crippen LogP contribution in [0.25, 0.3) is 33.9 Å². The fraction of sp³-hybridized carbons (Fsp3) is 0. The van der Waals surface area contributed by atoms with Gasteiger partial charge in [-0.1, -0.05) is 35.9 Å². The molecular weight excluding hydrogens is 419 g/mol. The van der Waals surface area contributed by atoms with Crippen LogP contribution in [0.5, 0.6) is 0 Å². The van der Waals surface area contributed by atoms with Gasteiger partial charge in [-0.05, 0) is 48.5 Å². The van der Waals surface area contributed by atoms with Crippen LogP contribution in [0, 0.1) is 5.82 Å². The molecule has 3 aromatic carbocycles. The van der Waals surface area contributed by atoms with E-state index in [1.807, 2.05) is 12.1 Å². The number of aromatic nitrogens is 1. The quantitative estimate of drug-likeness (QED) is 0.339. The van der Waals surface area contributed by atoms with Gasteiger partial charge in [0.1, 0.15) is 17.1 Å². The molecular formula is C24H14ClFN2O3. The monoisotopic (exact) mass is 432 g/mol. The third-order valence-corrected chi connectivity index (χ3v) is 4.92. The second-order valence-electron chi connectivity index (χ2n) is 6.81. The number of nitrogens with one attached hydrogen (secondary N) is 1. The van der Waals surface area contributed by atoms with Crippen molar-refractivity contribution in [1.82, 2.24) is 4.98 Å². The number of rotatable bonds is 4. The molecule has 2 heterocycles. The fourth-order valence-electron chi connectivity index (χ4n) is 3.20. The summed E-state index contributed by atoms with van der Waals surface area (Å²) < 4.78 is 25.4. The lowest BCUT2D eigenvalue weighted by Crippen LogP contribution is -2.10. The van der Waals surface area contributed by atoms with Crippen molar-refractivity contribution in [2.75, 3.05) is 5.32 Å². The first-order valence-electron chi connectivity index (χ1n) is 9.39. The zero-order valence-corrected chi connectivity index (χ0v) is 16.7. The lowest BCUT2D eigenvalue weighted by atomic mass is 10.2. The minimum atomic E-state index is -0.420. The Morgan fingerprint density at radius 2 is 1.81 bits per heavy atom. The molecule has 0 atom stereocenters. The Kier molecular flexibility index (Phi) is 4.76. The molecule has 0 aliphatic heterocycles. The summed E-state index contributed by atoms with van der Waals surface area (Å²) in [4.78, 5) is 16.9. The van der Waals surface area contributed by atoms with Gasteiger partial charge in [-0.2, -0.15) is 0 Å². The highest BCUT2D eigenvalue weighted by atomic mass is 35.5. The van der Waals surface area contributed by atoms with Gasteiger partial charge in [0, 0.05) is 22.3 Å². The van der Waals surface area contributed by atoms with E-state index in [-0.39, 0.29) is 17.2 Å². The Bertz CT molecular complexity index is 1420. The van der Waals surface area contributed by atoms with E-state index in [2.05, 4.69) is 10.3 Å². The second kappa shape index (κ2) is 7.74. The molecule has 5 nitrogen and oxygen atoms in total. The molecule has 0 saturated carbocycles. The highest BCUT2D eigenvalue weighted by Gasteiger charge is 2.15. The molecule has 1 N–H and O–H groups in total. The molecule has 0 bridgehead atoms. The number of furan rings is 1. The van der Waals surface area contributed by atoms with Gasteiger partial charge in [-0.3, -0.25) is 4.79 Å². The normalized spacial score (nSPS) is 11.0. The standard InChI is InChI=1S/C24H14ClFN2O3/c25-15-5-3-4-14(12-15)20-10-11-21(30-20)23(29)27-16-8-9-19-22(13-16)31-24(28-19)17-6-1-2-7-18(17)26/h1-13H,(H,27,29). The molecule has 31 heavy (non-hydrogen) atoms. The van der Waals surface area contributed by atoms with E-state index in [9.17, 15) is 9.18 Å². The molecule has 0 unspecified atom stereocenters. The molecule has 1 amide bonds. The number of hydrogen-bond donors (Lipinski definition) is 1. The highest BCUT2D eigenvalue weighted by Crippen LogP contribution is 2.29. The van der Waals surface area contributed by atoms with Crippen molar-refractivity contribution in [2.45, 2.75) is 0 Å². The molecule has 0 aliphatic rings. The third kappa shape index (κ3) is 3.81. The Hall–Kier alpha value is -3.90. The van der Waals surface area contributed by atoms with Crippen molar-refractivity contribution in [2.24, 2.45) is 0 Å². The van der Waals surface area contributed by atoms with Crippen molar-refractivity contribution in [3.05, 3.63) is 95.5 Å². The molecule has 152 valence electrons. The highest BCUT2D eigenvalue weighted by molar-refractivity contribution is 6.30. The molecule has 7 heteroatoms. The van der Waals surface area contributed by atoms with Crippen LogP contribution in [0.1, 0.15) is 10.6 Å². The van der Waals surface area contributed by atoms with E-state index >= 15 is 0 Å². The van der Waals surface area contributed by atoms with Gasteiger partial charge in [0.15, 0.2) is 11.3 Å². The summed E-state index contributed by atoms with van der Waals surface area (Å²) in [5.41, 5.74) is 2.52. The van der Waals surface area contributed by atoms with Crippen LogP contribution in [-0.2, 0) is 0 Å². The molecule has 0 fully saturated rings. The number of benzene rings is 3. The average Bonchev–Trinajstić information content (AvgIpc) is 3.41. The maximum Gasteiger partial charge on any atom is 0.291 e. The predicted octanol–water partition coefficient (Wildman–Crippen LogP) is 6.80. The molecule has 5 rings (SSSR count). The summed E-state index contributed by atoms with van der Waals surface area (Å²) >= 11 is 6.01. The molecule has 0 saturated heterocycles. The van der Waals surface area contributed by atoms with Gasteiger partial charge < -0.3 is 14.2 Å². The van der Waals surface area contributed by atoms with Crippen LogP contribution in [0.15, 0.2) is 87.7 Å². The first-order chi connectivity index (χ1) is 15.1. The van der Waals surface area contributed by atoms with Crippen LogP contribution < -0.4 is 5.32 Å². The minimum absolute atomic E-state index is 0.152. The topological polar surface area (TPSA) is 68.3 Å². The van der Waals surface area contributed by atoms with E-state index in [4.69, 9.17) is 20.4 Å². The van der Waals surface area contributed by atoms with E-state index in [1.54, 1.807) is 60.7 Å². The summed E-state index contributed by atoms with van der Waals surface area (Å²) in [6.45, 7) is 0. The fourth-order valence-corrected chi connectivity index (χ4v) is 3.39. The Morgan fingerprint density at radius 3 is 2.65 bits per heavy atom. The number of hydrogen-bond acceptors (Lipinski definition) is 4. The first-order valence-corrected chi connectivity index (χ1v) is 9.77. The predicted molar refractivity (Wildman–Crippen MR) is 117 cm³/mol. The van der Waals surface area contributed by atoms with Gasteiger partial charge in [0.25, 0.3) is 5.91 Å². The van der Waals surface area contributed by atoms with E-state index in [0.29, 0.717) is 27.6 Å². The molecule has 0 radical (unpaired) electrons. The van der Waals surface area contributed by atoms with Gasteiger partial charge >= 0.3 is 0 Å². The number of nitrogens with zero attached hydrogens (tertiary/aromatic N) is 1. The van der Waals surface area contributed by atoms with Crippen molar-refractivity contribution < 1.29 is 18.0 Å². The SMILES string of the molecule is O=C(Nc1ccc2nc(-c3ccccc3F)oc2c1)c1ccc(-c2cccc(Cl)c2)o1. The molecule has 5 aromatic rings. The Morgan fingerprint density at radius 1 is 0.935 bits per heavy atom.